The molecule has 3 rings (SSSR count). The third-order valence-electron chi connectivity index (χ3n) is 4.24. The highest BCUT2D eigenvalue weighted by Gasteiger charge is 2.19. The lowest BCUT2D eigenvalue weighted by Gasteiger charge is -2.15. The molecule has 0 bridgehead atoms. The maximum Gasteiger partial charge on any atom is 0.307 e. The van der Waals surface area contributed by atoms with Gasteiger partial charge in [0.25, 0.3) is 0 Å². The van der Waals surface area contributed by atoms with Crippen molar-refractivity contribution in [1.29, 1.82) is 0 Å². The summed E-state index contributed by atoms with van der Waals surface area (Å²) in [7, 11) is -3.37. The third kappa shape index (κ3) is 3.55. The van der Waals surface area contributed by atoms with Gasteiger partial charge in [0.15, 0.2) is 9.84 Å². The minimum absolute atomic E-state index is 0.141. The molecule has 2 aromatic carbocycles. The van der Waals surface area contributed by atoms with Gasteiger partial charge in [-0.25, -0.2) is 8.42 Å². The van der Waals surface area contributed by atoms with Crippen LogP contribution in [-0.4, -0.2) is 30.3 Å². The standard InChI is InChI=1S/C20H19NO4S/c1-14-8-9-17(26(2,24)25)13-18(14)20-15(12-19(22)23)10-11-21(20)16-6-4-3-5-7-16/h3-11,13H,12H2,1-2H3,(H,22,23). The van der Waals surface area contributed by atoms with Gasteiger partial charge in [-0.05, 0) is 48.4 Å². The van der Waals surface area contributed by atoms with Crippen molar-refractivity contribution < 1.29 is 18.3 Å². The highest BCUT2D eigenvalue weighted by molar-refractivity contribution is 7.90. The summed E-state index contributed by atoms with van der Waals surface area (Å²) in [6.45, 7) is 1.88. The van der Waals surface area contributed by atoms with Crippen LogP contribution >= 0.6 is 0 Å². The maximum atomic E-state index is 12.0. The number of carboxylic acids is 1. The van der Waals surface area contributed by atoms with Gasteiger partial charge in [0, 0.05) is 23.7 Å². The van der Waals surface area contributed by atoms with Crippen LogP contribution in [0.4, 0.5) is 0 Å². The van der Waals surface area contributed by atoms with Gasteiger partial charge in [-0.3, -0.25) is 4.79 Å². The molecule has 0 aliphatic rings. The summed E-state index contributed by atoms with van der Waals surface area (Å²) in [5.74, 6) is -0.936. The number of carboxylic acid groups (broad SMARTS) is 1. The van der Waals surface area contributed by atoms with Gasteiger partial charge in [-0.15, -0.1) is 0 Å². The first-order valence-electron chi connectivity index (χ1n) is 8.06. The summed E-state index contributed by atoms with van der Waals surface area (Å²) in [5.41, 5.74) is 3.79. The predicted molar refractivity (Wildman–Crippen MR) is 100 cm³/mol. The number of hydrogen-bond acceptors (Lipinski definition) is 3. The van der Waals surface area contributed by atoms with E-state index in [0.29, 0.717) is 16.8 Å². The quantitative estimate of drug-likeness (QED) is 0.747. The molecule has 0 radical (unpaired) electrons. The van der Waals surface area contributed by atoms with Gasteiger partial charge in [0.05, 0.1) is 17.0 Å². The van der Waals surface area contributed by atoms with Gasteiger partial charge >= 0.3 is 5.97 Å². The van der Waals surface area contributed by atoms with Crippen molar-refractivity contribution in [3.05, 3.63) is 71.9 Å². The average Bonchev–Trinajstić information content (AvgIpc) is 2.97. The lowest BCUT2D eigenvalue weighted by Crippen LogP contribution is -2.05. The van der Waals surface area contributed by atoms with Crippen LogP contribution < -0.4 is 0 Å². The van der Waals surface area contributed by atoms with Crippen molar-refractivity contribution in [1.82, 2.24) is 4.57 Å². The number of rotatable bonds is 5. The molecule has 1 aromatic heterocycles. The first kappa shape index (κ1) is 17.9. The van der Waals surface area contributed by atoms with E-state index in [1.807, 2.05) is 48.0 Å². The fraction of sp³-hybridized carbons (Fsp3) is 0.150. The van der Waals surface area contributed by atoms with E-state index in [0.717, 1.165) is 17.5 Å². The van der Waals surface area contributed by atoms with Crippen molar-refractivity contribution in [2.75, 3.05) is 6.26 Å². The van der Waals surface area contributed by atoms with Crippen LogP contribution in [0.2, 0.25) is 0 Å². The minimum Gasteiger partial charge on any atom is -0.481 e. The monoisotopic (exact) mass is 369 g/mol. The van der Waals surface area contributed by atoms with Crippen LogP contribution in [0.1, 0.15) is 11.1 Å². The van der Waals surface area contributed by atoms with Crippen LogP contribution in [0.3, 0.4) is 0 Å². The van der Waals surface area contributed by atoms with Crippen LogP contribution in [0.25, 0.3) is 16.9 Å². The first-order chi connectivity index (χ1) is 12.3. The Labute approximate surface area is 152 Å². The number of aryl methyl sites for hydroxylation is 1. The molecule has 0 aliphatic carbocycles. The van der Waals surface area contributed by atoms with Gasteiger partial charge in [-0.2, -0.15) is 0 Å². The summed E-state index contributed by atoms with van der Waals surface area (Å²) < 4.78 is 25.9. The van der Waals surface area contributed by atoms with E-state index in [2.05, 4.69) is 0 Å². The fourth-order valence-corrected chi connectivity index (χ4v) is 3.62. The highest BCUT2D eigenvalue weighted by Crippen LogP contribution is 2.32. The molecule has 1 N–H and O–H groups in total. The number of sulfone groups is 1. The van der Waals surface area contributed by atoms with E-state index >= 15 is 0 Å². The molecule has 26 heavy (non-hydrogen) atoms. The molecular formula is C20H19NO4S. The Morgan fingerprint density at radius 1 is 1.08 bits per heavy atom. The van der Waals surface area contributed by atoms with Crippen molar-refractivity contribution in [3.8, 4) is 16.9 Å². The Morgan fingerprint density at radius 2 is 1.77 bits per heavy atom. The largest absolute Gasteiger partial charge is 0.481 e. The number of carbonyl (C=O) groups is 1. The predicted octanol–water partition coefficient (Wildman–Crippen LogP) is 3.48. The Morgan fingerprint density at radius 3 is 2.38 bits per heavy atom. The maximum absolute atomic E-state index is 12.0. The van der Waals surface area contributed by atoms with Crippen molar-refractivity contribution in [2.24, 2.45) is 0 Å². The summed E-state index contributed by atoms with van der Waals surface area (Å²) >= 11 is 0. The number of hydrogen-bond donors (Lipinski definition) is 1. The van der Waals surface area contributed by atoms with Gasteiger partial charge in [-0.1, -0.05) is 24.3 Å². The molecular weight excluding hydrogens is 350 g/mol. The lowest BCUT2D eigenvalue weighted by molar-refractivity contribution is -0.136. The van der Waals surface area contributed by atoms with E-state index in [1.165, 1.54) is 0 Å². The second kappa shape index (κ2) is 6.80. The van der Waals surface area contributed by atoms with Crippen molar-refractivity contribution in [3.63, 3.8) is 0 Å². The molecule has 0 spiro atoms. The third-order valence-corrected chi connectivity index (χ3v) is 5.35. The Balaban J connectivity index is 2.29. The van der Waals surface area contributed by atoms with E-state index in [1.54, 1.807) is 24.3 Å². The van der Waals surface area contributed by atoms with E-state index < -0.39 is 15.8 Å². The van der Waals surface area contributed by atoms with Gasteiger partial charge < -0.3 is 9.67 Å². The lowest BCUT2D eigenvalue weighted by atomic mass is 10.0. The van der Waals surface area contributed by atoms with Crippen LogP contribution in [0.15, 0.2) is 65.7 Å². The molecule has 0 saturated carbocycles. The van der Waals surface area contributed by atoms with Crippen LogP contribution in [0.5, 0.6) is 0 Å². The fourth-order valence-electron chi connectivity index (χ4n) is 2.97. The molecule has 134 valence electrons. The Bertz CT molecular complexity index is 1070. The molecule has 1 heterocycles. The van der Waals surface area contributed by atoms with E-state index in [-0.39, 0.29) is 11.3 Å². The molecule has 0 unspecified atom stereocenters. The van der Waals surface area contributed by atoms with Crippen molar-refractivity contribution >= 4 is 15.8 Å². The molecule has 0 saturated heterocycles. The summed E-state index contributed by atoms with van der Waals surface area (Å²) in [6.07, 6.45) is 2.84. The Kier molecular flexibility index (Phi) is 4.70. The van der Waals surface area contributed by atoms with Gasteiger partial charge in [0.1, 0.15) is 0 Å². The second-order valence-corrected chi connectivity index (χ2v) is 8.23. The topological polar surface area (TPSA) is 76.4 Å². The van der Waals surface area contributed by atoms with Crippen molar-refractivity contribution in [2.45, 2.75) is 18.2 Å². The number of para-hydroxylation sites is 1. The van der Waals surface area contributed by atoms with E-state index in [4.69, 9.17) is 0 Å². The average molecular weight is 369 g/mol. The van der Waals surface area contributed by atoms with Gasteiger partial charge in [0.2, 0.25) is 0 Å². The summed E-state index contributed by atoms with van der Waals surface area (Å²) in [4.78, 5) is 11.5. The zero-order chi connectivity index (χ0) is 18.9. The molecule has 0 aliphatic heterocycles. The smallest absolute Gasteiger partial charge is 0.307 e. The van der Waals surface area contributed by atoms with Crippen LogP contribution in [0, 0.1) is 6.92 Å². The first-order valence-corrected chi connectivity index (χ1v) is 9.95. The summed E-state index contributed by atoms with van der Waals surface area (Å²) in [5, 5.41) is 9.27. The second-order valence-electron chi connectivity index (χ2n) is 6.21. The minimum atomic E-state index is -3.37. The number of nitrogens with zero attached hydrogens (tertiary/aromatic N) is 1. The normalized spacial score (nSPS) is 11.5. The SMILES string of the molecule is Cc1ccc(S(C)(=O)=O)cc1-c1c(CC(=O)O)ccn1-c1ccccc1. The Hall–Kier alpha value is -2.86. The molecule has 0 fully saturated rings. The zero-order valence-corrected chi connectivity index (χ0v) is 15.3. The molecule has 6 heteroatoms. The molecule has 0 atom stereocenters. The molecule has 3 aromatic rings. The number of aliphatic carboxylic acids is 1. The number of benzene rings is 2. The van der Waals surface area contributed by atoms with Crippen LogP contribution in [-0.2, 0) is 21.1 Å². The van der Waals surface area contributed by atoms with E-state index in [9.17, 15) is 18.3 Å². The zero-order valence-electron chi connectivity index (χ0n) is 14.5. The highest BCUT2D eigenvalue weighted by atomic mass is 32.2. The summed E-state index contributed by atoms with van der Waals surface area (Å²) in [6, 6.07) is 16.2. The number of aromatic nitrogens is 1. The molecule has 5 nitrogen and oxygen atoms in total. The molecule has 0 amide bonds.